The fourth-order valence-corrected chi connectivity index (χ4v) is 6.16. The fourth-order valence-electron chi connectivity index (χ4n) is 3.07. The van der Waals surface area contributed by atoms with E-state index in [2.05, 4.69) is 10.1 Å². The van der Waals surface area contributed by atoms with Gasteiger partial charge in [-0.25, -0.2) is 8.42 Å². The number of halogens is 1. The Morgan fingerprint density at radius 1 is 1.10 bits per heavy atom. The van der Waals surface area contributed by atoms with Crippen LogP contribution in [0.5, 0.6) is 0 Å². The second-order valence-corrected chi connectivity index (χ2v) is 9.99. The standard InChI is InChI=1S/C21H18ClN3O3S2/c1-3-25(17-7-5-4-6-8-17)30(26,27)19-13-18(29-14(19)2)21-23-20(24-28-21)15-9-11-16(22)12-10-15/h4-13H,3H2,1-2H3. The van der Waals surface area contributed by atoms with Gasteiger partial charge in [-0.2, -0.15) is 4.98 Å². The lowest BCUT2D eigenvalue weighted by atomic mass is 10.2. The van der Waals surface area contributed by atoms with Gasteiger partial charge in [0, 0.05) is 22.0 Å². The van der Waals surface area contributed by atoms with Crippen molar-refractivity contribution in [3.8, 4) is 22.2 Å². The molecule has 0 unspecified atom stereocenters. The molecule has 0 saturated heterocycles. The zero-order valence-corrected chi connectivity index (χ0v) is 18.6. The monoisotopic (exact) mass is 459 g/mol. The average Bonchev–Trinajstić information content (AvgIpc) is 3.37. The van der Waals surface area contributed by atoms with Gasteiger partial charge in [0.1, 0.15) is 4.90 Å². The number of sulfonamides is 1. The molecule has 6 nitrogen and oxygen atoms in total. The molecule has 0 aliphatic rings. The summed E-state index contributed by atoms with van der Waals surface area (Å²) in [4.78, 5) is 5.91. The molecule has 0 aliphatic carbocycles. The van der Waals surface area contributed by atoms with E-state index in [1.165, 1.54) is 15.6 Å². The molecule has 2 heterocycles. The molecule has 4 aromatic rings. The number of hydrogen-bond donors (Lipinski definition) is 0. The molecule has 0 radical (unpaired) electrons. The third kappa shape index (κ3) is 3.86. The topological polar surface area (TPSA) is 76.3 Å². The highest BCUT2D eigenvalue weighted by molar-refractivity contribution is 7.93. The summed E-state index contributed by atoms with van der Waals surface area (Å²) in [5, 5.41) is 4.63. The number of aryl methyl sites for hydroxylation is 1. The van der Waals surface area contributed by atoms with Crippen LogP contribution in [0, 0.1) is 6.92 Å². The number of aromatic nitrogens is 2. The summed E-state index contributed by atoms with van der Waals surface area (Å²) in [7, 11) is -3.73. The van der Waals surface area contributed by atoms with E-state index in [4.69, 9.17) is 16.1 Å². The maximum absolute atomic E-state index is 13.3. The number of para-hydroxylation sites is 1. The van der Waals surface area contributed by atoms with Gasteiger partial charge in [-0.1, -0.05) is 35.0 Å². The van der Waals surface area contributed by atoms with Crippen molar-refractivity contribution in [2.45, 2.75) is 18.7 Å². The molecule has 0 saturated carbocycles. The first-order valence-electron chi connectivity index (χ1n) is 9.18. The molecule has 2 aromatic heterocycles. The zero-order valence-electron chi connectivity index (χ0n) is 16.2. The molecule has 4 rings (SSSR count). The smallest absolute Gasteiger partial charge is 0.268 e. The van der Waals surface area contributed by atoms with Crippen LogP contribution in [0.4, 0.5) is 5.69 Å². The van der Waals surface area contributed by atoms with E-state index in [1.807, 2.05) is 25.1 Å². The predicted molar refractivity (Wildman–Crippen MR) is 119 cm³/mol. The second kappa shape index (κ2) is 8.22. The molecule has 0 bridgehead atoms. The van der Waals surface area contributed by atoms with E-state index in [1.54, 1.807) is 49.4 Å². The van der Waals surface area contributed by atoms with Crippen LogP contribution in [-0.4, -0.2) is 25.1 Å². The second-order valence-electron chi connectivity index (χ2n) is 6.47. The van der Waals surface area contributed by atoms with Gasteiger partial charge in [-0.15, -0.1) is 11.3 Å². The molecule has 0 spiro atoms. The van der Waals surface area contributed by atoms with Gasteiger partial charge >= 0.3 is 0 Å². The first-order valence-corrected chi connectivity index (χ1v) is 11.8. The van der Waals surface area contributed by atoms with Crippen LogP contribution < -0.4 is 4.31 Å². The van der Waals surface area contributed by atoms with Gasteiger partial charge in [-0.3, -0.25) is 4.31 Å². The van der Waals surface area contributed by atoms with Crippen molar-refractivity contribution in [1.29, 1.82) is 0 Å². The predicted octanol–water partition coefficient (Wildman–Crippen LogP) is 5.64. The first-order chi connectivity index (χ1) is 14.4. The Labute approximate surface area is 183 Å². The lowest BCUT2D eigenvalue weighted by Crippen LogP contribution is -2.30. The minimum Gasteiger partial charge on any atom is -0.333 e. The van der Waals surface area contributed by atoms with Gasteiger partial charge in [-0.05, 0) is 56.3 Å². The number of thiophene rings is 1. The summed E-state index contributed by atoms with van der Waals surface area (Å²) in [6.45, 7) is 3.90. The number of rotatable bonds is 6. The lowest BCUT2D eigenvalue weighted by molar-refractivity contribution is 0.433. The van der Waals surface area contributed by atoms with E-state index in [0.717, 1.165) is 5.56 Å². The Bertz CT molecular complexity index is 1270. The van der Waals surface area contributed by atoms with Crippen molar-refractivity contribution in [2.75, 3.05) is 10.8 Å². The quantitative estimate of drug-likeness (QED) is 0.372. The van der Waals surface area contributed by atoms with Crippen LogP contribution in [0.1, 0.15) is 11.8 Å². The Morgan fingerprint density at radius 3 is 2.47 bits per heavy atom. The molecular weight excluding hydrogens is 442 g/mol. The number of nitrogens with zero attached hydrogens (tertiary/aromatic N) is 3. The SMILES string of the molecule is CCN(c1ccccc1)S(=O)(=O)c1cc(-c2nc(-c3ccc(Cl)cc3)no2)sc1C. The Balaban J connectivity index is 1.69. The highest BCUT2D eigenvalue weighted by atomic mass is 35.5. The van der Waals surface area contributed by atoms with Gasteiger partial charge < -0.3 is 4.52 Å². The minimum absolute atomic E-state index is 0.236. The summed E-state index contributed by atoms with van der Waals surface area (Å²) in [6, 6.07) is 17.7. The molecule has 0 atom stereocenters. The van der Waals surface area contributed by atoms with E-state index in [9.17, 15) is 8.42 Å². The Hall–Kier alpha value is -2.68. The van der Waals surface area contributed by atoms with Crippen LogP contribution in [-0.2, 0) is 10.0 Å². The highest BCUT2D eigenvalue weighted by Crippen LogP contribution is 2.36. The molecule has 0 N–H and O–H groups in total. The van der Waals surface area contributed by atoms with Crippen LogP contribution in [0.15, 0.2) is 70.1 Å². The van der Waals surface area contributed by atoms with Crippen molar-refractivity contribution in [3.63, 3.8) is 0 Å². The van der Waals surface area contributed by atoms with E-state index < -0.39 is 10.0 Å². The van der Waals surface area contributed by atoms with Crippen LogP contribution >= 0.6 is 22.9 Å². The van der Waals surface area contributed by atoms with Crippen molar-refractivity contribution in [2.24, 2.45) is 0 Å². The molecule has 154 valence electrons. The summed E-state index contributed by atoms with van der Waals surface area (Å²) in [6.07, 6.45) is 0. The van der Waals surface area contributed by atoms with Crippen LogP contribution in [0.2, 0.25) is 5.02 Å². The molecule has 0 aliphatic heterocycles. The number of hydrogen-bond acceptors (Lipinski definition) is 6. The summed E-state index contributed by atoms with van der Waals surface area (Å²) >= 11 is 7.23. The van der Waals surface area contributed by atoms with E-state index in [0.29, 0.717) is 32.8 Å². The van der Waals surface area contributed by atoms with Crippen LogP contribution in [0.25, 0.3) is 22.2 Å². The van der Waals surface area contributed by atoms with Crippen molar-refractivity contribution < 1.29 is 12.9 Å². The lowest BCUT2D eigenvalue weighted by Gasteiger charge is -2.22. The summed E-state index contributed by atoms with van der Waals surface area (Å²) < 4.78 is 33.5. The van der Waals surface area contributed by atoms with Gasteiger partial charge in [0.2, 0.25) is 5.82 Å². The molecular formula is C21H18ClN3O3S2. The molecule has 30 heavy (non-hydrogen) atoms. The average molecular weight is 460 g/mol. The Morgan fingerprint density at radius 2 is 1.80 bits per heavy atom. The number of benzene rings is 2. The van der Waals surface area contributed by atoms with Crippen molar-refractivity contribution >= 4 is 38.6 Å². The Kier molecular flexibility index (Phi) is 5.64. The molecule has 9 heteroatoms. The minimum atomic E-state index is -3.73. The summed E-state index contributed by atoms with van der Waals surface area (Å²) in [5.74, 6) is 0.689. The highest BCUT2D eigenvalue weighted by Gasteiger charge is 2.28. The van der Waals surface area contributed by atoms with Crippen molar-refractivity contribution in [1.82, 2.24) is 10.1 Å². The molecule has 2 aromatic carbocycles. The zero-order chi connectivity index (χ0) is 21.3. The fraction of sp³-hybridized carbons (Fsp3) is 0.143. The van der Waals surface area contributed by atoms with Gasteiger partial charge in [0.25, 0.3) is 15.9 Å². The van der Waals surface area contributed by atoms with Crippen LogP contribution in [0.3, 0.4) is 0 Å². The maximum atomic E-state index is 13.3. The third-order valence-electron chi connectivity index (χ3n) is 4.51. The van der Waals surface area contributed by atoms with Gasteiger partial charge in [0.15, 0.2) is 0 Å². The molecule has 0 amide bonds. The van der Waals surface area contributed by atoms with E-state index >= 15 is 0 Å². The van der Waals surface area contributed by atoms with Gasteiger partial charge in [0.05, 0.1) is 10.6 Å². The van der Waals surface area contributed by atoms with Crippen molar-refractivity contribution in [3.05, 3.63) is 70.6 Å². The summed E-state index contributed by atoms with van der Waals surface area (Å²) in [5.41, 5.74) is 1.38. The largest absolute Gasteiger partial charge is 0.333 e. The normalized spacial score (nSPS) is 11.6. The van der Waals surface area contributed by atoms with E-state index in [-0.39, 0.29) is 10.8 Å². The first kappa shape index (κ1) is 20.6. The molecule has 0 fully saturated rings. The maximum Gasteiger partial charge on any atom is 0.268 e. The third-order valence-corrected chi connectivity index (χ3v) is 7.96. The number of anilines is 1.